The summed E-state index contributed by atoms with van der Waals surface area (Å²) in [7, 11) is 0. The van der Waals surface area contributed by atoms with E-state index in [1.165, 1.54) is 23.5 Å². The standard InChI is InChI=1S/C16H25F3O7S2/c1-6-27-15(28-7-2)13(26-10(5)22)11(24-8(3)20)12(25-9(4)21)14(23)16(17,18)19/h11-15,23H,6-7H2,1-5H3/t11-,12-,13-,14-/m0/s1. The summed E-state index contributed by atoms with van der Waals surface area (Å²) in [6.07, 6.45) is -13.9. The SMILES string of the molecule is CCSC(SCC)[C@@H](OC(C)=O)[C@@H](OC(C)=O)[C@H](OC(C)=O)[C@H](O)C(F)(F)F. The van der Waals surface area contributed by atoms with E-state index in [4.69, 9.17) is 9.47 Å². The summed E-state index contributed by atoms with van der Waals surface area (Å²) in [5.74, 6) is -1.92. The first-order chi connectivity index (χ1) is 12.8. The number of aliphatic hydroxyl groups excluding tert-OH is 1. The Hall–Kier alpha value is -1.14. The number of carbonyl (C=O) groups is 3. The normalized spacial score (nSPS) is 16.1. The largest absolute Gasteiger partial charge is 0.456 e. The molecule has 0 saturated carbocycles. The lowest BCUT2D eigenvalue weighted by Crippen LogP contribution is -2.56. The number of alkyl halides is 3. The molecule has 4 atom stereocenters. The van der Waals surface area contributed by atoms with Crippen molar-refractivity contribution in [2.45, 2.75) is 69.8 Å². The number of thioether (sulfide) groups is 2. The second-order valence-corrected chi connectivity index (χ2v) is 8.62. The fourth-order valence-electron chi connectivity index (χ4n) is 2.24. The van der Waals surface area contributed by atoms with Crippen LogP contribution in [0, 0.1) is 0 Å². The predicted octanol–water partition coefficient (Wildman–Crippen LogP) is 2.54. The van der Waals surface area contributed by atoms with Crippen LogP contribution in [0.25, 0.3) is 0 Å². The van der Waals surface area contributed by atoms with Gasteiger partial charge in [-0.1, -0.05) is 13.8 Å². The maximum absolute atomic E-state index is 13.2. The van der Waals surface area contributed by atoms with E-state index >= 15 is 0 Å². The molecule has 12 heteroatoms. The molecular weight excluding hydrogens is 425 g/mol. The molecule has 28 heavy (non-hydrogen) atoms. The van der Waals surface area contributed by atoms with Gasteiger partial charge >= 0.3 is 24.1 Å². The van der Waals surface area contributed by atoms with Crippen LogP contribution in [0.3, 0.4) is 0 Å². The first kappa shape index (κ1) is 26.9. The van der Waals surface area contributed by atoms with Gasteiger partial charge in [0, 0.05) is 20.8 Å². The second-order valence-electron chi connectivity index (χ2n) is 5.49. The predicted molar refractivity (Wildman–Crippen MR) is 98.8 cm³/mol. The molecule has 0 aromatic rings. The number of rotatable bonds is 11. The highest BCUT2D eigenvalue weighted by atomic mass is 32.2. The lowest BCUT2D eigenvalue weighted by atomic mass is 10.0. The van der Waals surface area contributed by atoms with E-state index < -0.39 is 53.1 Å². The molecule has 0 amide bonds. The summed E-state index contributed by atoms with van der Waals surface area (Å²) in [5, 5.41) is 9.75. The molecule has 164 valence electrons. The Morgan fingerprint density at radius 3 is 1.50 bits per heavy atom. The highest BCUT2D eigenvalue weighted by Crippen LogP contribution is 2.35. The van der Waals surface area contributed by atoms with Gasteiger partial charge in [0.05, 0.1) is 4.58 Å². The Labute approximate surface area is 170 Å². The Morgan fingerprint density at radius 2 is 1.18 bits per heavy atom. The molecule has 0 fully saturated rings. The molecule has 0 radical (unpaired) electrons. The average molecular weight is 450 g/mol. The monoisotopic (exact) mass is 450 g/mol. The van der Waals surface area contributed by atoms with Crippen LogP contribution < -0.4 is 0 Å². The van der Waals surface area contributed by atoms with E-state index in [1.54, 1.807) is 13.8 Å². The lowest BCUT2D eigenvalue weighted by molar-refractivity contribution is -0.255. The summed E-state index contributed by atoms with van der Waals surface area (Å²) in [4.78, 5) is 34.5. The minimum Gasteiger partial charge on any atom is -0.456 e. The van der Waals surface area contributed by atoms with Crippen molar-refractivity contribution in [3.63, 3.8) is 0 Å². The molecule has 0 unspecified atom stereocenters. The Kier molecular flexibility index (Phi) is 11.9. The van der Waals surface area contributed by atoms with Crippen LogP contribution >= 0.6 is 23.5 Å². The van der Waals surface area contributed by atoms with Crippen molar-refractivity contribution in [1.82, 2.24) is 0 Å². The molecule has 0 heterocycles. The average Bonchev–Trinajstić information content (AvgIpc) is 2.53. The fourth-order valence-corrected chi connectivity index (χ4v) is 4.90. The molecule has 0 aliphatic carbocycles. The Morgan fingerprint density at radius 1 is 0.821 bits per heavy atom. The molecule has 1 N–H and O–H groups in total. The quantitative estimate of drug-likeness (QED) is 0.289. The topological polar surface area (TPSA) is 99.1 Å². The van der Waals surface area contributed by atoms with Gasteiger partial charge in [0.1, 0.15) is 0 Å². The zero-order chi connectivity index (χ0) is 22.1. The van der Waals surface area contributed by atoms with Crippen molar-refractivity contribution in [2.24, 2.45) is 0 Å². The first-order valence-electron chi connectivity index (χ1n) is 8.34. The van der Waals surface area contributed by atoms with Gasteiger partial charge in [-0.05, 0) is 11.5 Å². The van der Waals surface area contributed by atoms with Crippen molar-refractivity contribution in [2.75, 3.05) is 11.5 Å². The summed E-state index contributed by atoms with van der Waals surface area (Å²) < 4.78 is 53.7. The van der Waals surface area contributed by atoms with Crippen LogP contribution in [0.4, 0.5) is 13.2 Å². The van der Waals surface area contributed by atoms with Crippen LogP contribution in [-0.2, 0) is 28.6 Å². The van der Waals surface area contributed by atoms with Crippen molar-refractivity contribution in [1.29, 1.82) is 0 Å². The van der Waals surface area contributed by atoms with E-state index in [-0.39, 0.29) is 0 Å². The van der Waals surface area contributed by atoms with Gasteiger partial charge in [0.15, 0.2) is 24.4 Å². The van der Waals surface area contributed by atoms with Gasteiger partial charge in [-0.2, -0.15) is 13.2 Å². The second kappa shape index (κ2) is 12.4. The molecule has 0 aromatic carbocycles. The van der Waals surface area contributed by atoms with Crippen molar-refractivity contribution in [3.05, 3.63) is 0 Å². The summed E-state index contributed by atoms with van der Waals surface area (Å²) in [5.41, 5.74) is 0. The van der Waals surface area contributed by atoms with E-state index in [0.717, 1.165) is 20.8 Å². The van der Waals surface area contributed by atoms with Gasteiger partial charge in [-0.25, -0.2) is 0 Å². The number of halogens is 3. The lowest BCUT2D eigenvalue weighted by Gasteiger charge is -2.37. The number of hydrogen-bond acceptors (Lipinski definition) is 9. The number of hydrogen-bond donors (Lipinski definition) is 1. The molecule has 0 bridgehead atoms. The number of ether oxygens (including phenoxy) is 3. The highest BCUT2D eigenvalue weighted by molar-refractivity contribution is 8.17. The number of carbonyl (C=O) groups excluding carboxylic acids is 3. The Bertz CT molecular complexity index is 525. The Balaban J connectivity index is 6.28. The van der Waals surface area contributed by atoms with Crippen molar-refractivity contribution < 1.29 is 46.9 Å². The smallest absolute Gasteiger partial charge is 0.418 e. The third kappa shape index (κ3) is 9.37. The molecular formula is C16H25F3O7S2. The third-order valence-electron chi connectivity index (χ3n) is 3.13. The van der Waals surface area contributed by atoms with Gasteiger partial charge < -0.3 is 19.3 Å². The third-order valence-corrected chi connectivity index (χ3v) is 5.81. The molecule has 0 aliphatic heterocycles. The van der Waals surface area contributed by atoms with Crippen LogP contribution in [0.15, 0.2) is 0 Å². The van der Waals surface area contributed by atoms with Crippen molar-refractivity contribution >= 4 is 41.4 Å². The molecule has 7 nitrogen and oxygen atoms in total. The van der Waals surface area contributed by atoms with Gasteiger partial charge in [0.25, 0.3) is 0 Å². The highest BCUT2D eigenvalue weighted by Gasteiger charge is 2.53. The number of aliphatic hydroxyl groups is 1. The summed E-state index contributed by atoms with van der Waals surface area (Å²) in [6.45, 7) is 6.41. The molecule has 0 rings (SSSR count). The van der Waals surface area contributed by atoms with E-state index in [0.29, 0.717) is 11.5 Å². The van der Waals surface area contributed by atoms with Gasteiger partial charge in [-0.15, -0.1) is 23.5 Å². The zero-order valence-electron chi connectivity index (χ0n) is 16.1. The van der Waals surface area contributed by atoms with Crippen molar-refractivity contribution in [3.8, 4) is 0 Å². The maximum Gasteiger partial charge on any atom is 0.418 e. The maximum atomic E-state index is 13.2. The summed E-state index contributed by atoms with van der Waals surface area (Å²) in [6, 6.07) is 0. The fraction of sp³-hybridized carbons (Fsp3) is 0.812. The number of esters is 3. The van der Waals surface area contributed by atoms with Crippen LogP contribution in [0.5, 0.6) is 0 Å². The van der Waals surface area contributed by atoms with Gasteiger partial charge in [-0.3, -0.25) is 14.4 Å². The van der Waals surface area contributed by atoms with E-state index in [2.05, 4.69) is 4.74 Å². The summed E-state index contributed by atoms with van der Waals surface area (Å²) >= 11 is 2.51. The van der Waals surface area contributed by atoms with Crippen LogP contribution in [0.2, 0.25) is 0 Å². The van der Waals surface area contributed by atoms with E-state index in [1.807, 2.05) is 0 Å². The zero-order valence-corrected chi connectivity index (χ0v) is 17.8. The minimum atomic E-state index is -5.18. The van der Waals surface area contributed by atoms with Gasteiger partial charge in [0.2, 0.25) is 0 Å². The molecule has 0 saturated heterocycles. The molecule has 0 spiro atoms. The molecule has 0 aromatic heterocycles. The minimum absolute atomic E-state index is 0.516. The van der Waals surface area contributed by atoms with Crippen LogP contribution in [-0.4, -0.2) is 69.7 Å². The molecule has 0 aliphatic rings. The first-order valence-corrected chi connectivity index (χ1v) is 10.4. The van der Waals surface area contributed by atoms with E-state index in [9.17, 15) is 32.7 Å². The van der Waals surface area contributed by atoms with Crippen LogP contribution in [0.1, 0.15) is 34.6 Å².